The molecule has 0 saturated heterocycles. The van der Waals surface area contributed by atoms with Crippen LogP contribution < -0.4 is 5.11 Å². The third-order valence-corrected chi connectivity index (χ3v) is 7.03. The number of carboxylic acid groups (broad SMARTS) is 1. The fraction of sp³-hybridized carbons (Fsp3) is 0.682. The minimum atomic E-state index is -0.976. The number of halogens is 2. The summed E-state index contributed by atoms with van der Waals surface area (Å²) in [5, 5.41) is 11.3. The number of carboxylic acids is 1. The molecule has 0 aliphatic heterocycles. The molecule has 144 valence electrons. The van der Waals surface area contributed by atoms with E-state index in [2.05, 4.69) is 6.92 Å². The Morgan fingerprint density at radius 1 is 1.08 bits per heavy atom. The lowest BCUT2D eigenvalue weighted by Crippen LogP contribution is -2.44. The predicted octanol–water partition coefficient (Wildman–Crippen LogP) is 4.75. The lowest BCUT2D eigenvalue weighted by molar-refractivity contribution is -0.312. The zero-order chi connectivity index (χ0) is 18.7. The Labute approximate surface area is 155 Å². The number of hydrogen-bond acceptors (Lipinski definition) is 2. The Hall–Kier alpha value is -1.45. The van der Waals surface area contributed by atoms with E-state index in [1.54, 1.807) is 6.07 Å². The van der Waals surface area contributed by atoms with E-state index < -0.39 is 23.5 Å². The van der Waals surface area contributed by atoms with E-state index in [4.69, 9.17) is 0 Å². The number of rotatable bonds is 5. The summed E-state index contributed by atoms with van der Waals surface area (Å²) in [5.41, 5.74) is 0.629. The summed E-state index contributed by atoms with van der Waals surface area (Å²) in [6.45, 7) is 2.22. The number of benzene rings is 1. The van der Waals surface area contributed by atoms with Crippen LogP contribution >= 0.6 is 0 Å². The zero-order valence-electron chi connectivity index (χ0n) is 15.6. The molecule has 2 aliphatic rings. The molecule has 0 atom stereocenters. The van der Waals surface area contributed by atoms with Gasteiger partial charge in [0.15, 0.2) is 11.6 Å². The van der Waals surface area contributed by atoms with Gasteiger partial charge in [0.2, 0.25) is 0 Å². The van der Waals surface area contributed by atoms with Crippen molar-refractivity contribution in [2.75, 3.05) is 0 Å². The molecule has 1 aromatic rings. The summed E-state index contributed by atoms with van der Waals surface area (Å²) < 4.78 is 27.4. The summed E-state index contributed by atoms with van der Waals surface area (Å²) in [6, 6.07) is 4.29. The predicted molar refractivity (Wildman–Crippen MR) is 95.4 cm³/mol. The van der Waals surface area contributed by atoms with Crippen LogP contribution in [0, 0.1) is 29.4 Å². The molecule has 0 N–H and O–H groups in total. The van der Waals surface area contributed by atoms with Crippen LogP contribution in [0.5, 0.6) is 0 Å². The third-order valence-electron chi connectivity index (χ3n) is 7.03. The second kappa shape index (κ2) is 8.06. The van der Waals surface area contributed by atoms with Crippen molar-refractivity contribution in [2.24, 2.45) is 17.8 Å². The van der Waals surface area contributed by atoms with E-state index in [1.165, 1.54) is 37.8 Å². The van der Waals surface area contributed by atoms with Gasteiger partial charge in [0.05, 0.1) is 0 Å². The highest BCUT2D eigenvalue weighted by molar-refractivity contribution is 5.67. The Morgan fingerprint density at radius 3 is 2.27 bits per heavy atom. The fourth-order valence-electron chi connectivity index (χ4n) is 5.52. The van der Waals surface area contributed by atoms with Crippen molar-refractivity contribution in [1.29, 1.82) is 0 Å². The molecule has 2 fully saturated rings. The average Bonchev–Trinajstić information content (AvgIpc) is 2.65. The lowest BCUT2D eigenvalue weighted by Gasteiger charge is -2.49. The average molecular weight is 363 g/mol. The van der Waals surface area contributed by atoms with Gasteiger partial charge in [-0.2, -0.15) is 0 Å². The molecule has 0 heterocycles. The van der Waals surface area contributed by atoms with Crippen LogP contribution in [0.25, 0.3) is 0 Å². The highest BCUT2D eigenvalue weighted by Crippen LogP contribution is 2.52. The summed E-state index contributed by atoms with van der Waals surface area (Å²) in [7, 11) is 0. The van der Waals surface area contributed by atoms with Crippen molar-refractivity contribution in [3.63, 3.8) is 0 Å². The number of carbonyl (C=O) groups excluding carboxylic acids is 1. The third kappa shape index (κ3) is 3.79. The molecule has 2 saturated carbocycles. The Kier molecular flexibility index (Phi) is 5.99. The first kappa shape index (κ1) is 19.3. The summed E-state index contributed by atoms with van der Waals surface area (Å²) in [5.74, 6) is -1.82. The first-order valence-electron chi connectivity index (χ1n) is 10.1. The summed E-state index contributed by atoms with van der Waals surface area (Å²) in [4.78, 5) is 11.3. The second-order valence-corrected chi connectivity index (χ2v) is 8.38. The standard InChI is InChI=1S/C22H30F2O2/c1-2-3-15-4-6-17(7-5-15)22(12-10-16(11-13-22)21(25)26)18-8-9-19(23)20(24)14-18/h8-9,14-17H,2-7,10-13H2,1H3,(H,25,26)/p-1. The molecule has 0 aromatic heterocycles. The molecular formula is C22H29F2O2-. The van der Waals surface area contributed by atoms with E-state index in [0.717, 1.165) is 37.2 Å². The number of aliphatic carboxylic acids is 1. The van der Waals surface area contributed by atoms with E-state index in [0.29, 0.717) is 18.8 Å². The monoisotopic (exact) mass is 363 g/mol. The van der Waals surface area contributed by atoms with Crippen LogP contribution in [-0.2, 0) is 10.2 Å². The van der Waals surface area contributed by atoms with Crippen LogP contribution in [0.4, 0.5) is 8.78 Å². The van der Waals surface area contributed by atoms with Gasteiger partial charge in [0.1, 0.15) is 0 Å². The summed E-state index contributed by atoms with van der Waals surface area (Å²) >= 11 is 0. The van der Waals surface area contributed by atoms with E-state index in [9.17, 15) is 18.7 Å². The Bertz CT molecular complexity index is 627. The van der Waals surface area contributed by atoms with Crippen molar-refractivity contribution in [3.05, 3.63) is 35.4 Å². The van der Waals surface area contributed by atoms with Gasteiger partial charge < -0.3 is 9.90 Å². The second-order valence-electron chi connectivity index (χ2n) is 8.38. The smallest absolute Gasteiger partial charge is 0.159 e. The van der Waals surface area contributed by atoms with Gasteiger partial charge in [-0.3, -0.25) is 0 Å². The van der Waals surface area contributed by atoms with Crippen LogP contribution in [-0.4, -0.2) is 5.97 Å². The maximum atomic E-state index is 14.0. The summed E-state index contributed by atoms with van der Waals surface area (Å²) in [6.07, 6.45) is 9.61. The number of hydrogen-bond donors (Lipinski definition) is 0. The first-order chi connectivity index (χ1) is 12.5. The SMILES string of the molecule is CCCC1CCC(C2(c3ccc(F)c(F)c3)CCC(C(=O)[O-])CC2)CC1. The normalized spacial score (nSPS) is 32.3. The minimum absolute atomic E-state index is 0.225. The molecule has 0 bridgehead atoms. The van der Waals surface area contributed by atoms with Crippen LogP contribution in [0.3, 0.4) is 0 Å². The maximum absolute atomic E-state index is 14.0. The molecule has 2 nitrogen and oxygen atoms in total. The molecule has 0 spiro atoms. The van der Waals surface area contributed by atoms with Crippen molar-refractivity contribution in [3.8, 4) is 0 Å². The fourth-order valence-corrected chi connectivity index (χ4v) is 5.52. The van der Waals surface area contributed by atoms with Gasteiger partial charge >= 0.3 is 0 Å². The van der Waals surface area contributed by atoms with Gasteiger partial charge in [-0.05, 0) is 79.4 Å². The molecule has 0 amide bonds. The van der Waals surface area contributed by atoms with Crippen molar-refractivity contribution in [1.82, 2.24) is 0 Å². The Balaban J connectivity index is 1.85. The highest BCUT2D eigenvalue weighted by Gasteiger charge is 2.44. The van der Waals surface area contributed by atoms with Crippen molar-refractivity contribution < 1.29 is 18.7 Å². The highest BCUT2D eigenvalue weighted by atomic mass is 19.2. The topological polar surface area (TPSA) is 40.1 Å². The van der Waals surface area contributed by atoms with E-state index in [-0.39, 0.29) is 5.41 Å². The van der Waals surface area contributed by atoms with Gasteiger partial charge in [-0.15, -0.1) is 0 Å². The van der Waals surface area contributed by atoms with E-state index in [1.807, 2.05) is 0 Å². The molecule has 1 aromatic carbocycles. The van der Waals surface area contributed by atoms with Crippen molar-refractivity contribution >= 4 is 5.97 Å². The molecular weight excluding hydrogens is 334 g/mol. The molecule has 26 heavy (non-hydrogen) atoms. The zero-order valence-corrected chi connectivity index (χ0v) is 15.6. The lowest BCUT2D eigenvalue weighted by atomic mass is 9.56. The first-order valence-corrected chi connectivity index (χ1v) is 10.1. The van der Waals surface area contributed by atoms with Gasteiger partial charge in [0.25, 0.3) is 0 Å². The molecule has 0 radical (unpaired) electrons. The molecule has 3 rings (SSSR count). The van der Waals surface area contributed by atoms with Crippen LogP contribution in [0.15, 0.2) is 18.2 Å². The Morgan fingerprint density at radius 2 is 1.73 bits per heavy atom. The minimum Gasteiger partial charge on any atom is -0.550 e. The molecule has 2 aliphatic carbocycles. The van der Waals surface area contributed by atoms with Crippen LogP contribution in [0.1, 0.15) is 76.7 Å². The number of carbonyl (C=O) groups is 1. The van der Waals surface area contributed by atoms with Gasteiger partial charge in [0, 0.05) is 5.97 Å². The van der Waals surface area contributed by atoms with Crippen molar-refractivity contribution in [2.45, 2.75) is 76.5 Å². The molecule has 0 unspecified atom stereocenters. The van der Waals surface area contributed by atoms with E-state index >= 15 is 0 Å². The molecule has 4 heteroatoms. The largest absolute Gasteiger partial charge is 0.550 e. The van der Waals surface area contributed by atoms with Crippen LogP contribution in [0.2, 0.25) is 0 Å². The maximum Gasteiger partial charge on any atom is 0.159 e. The van der Waals surface area contributed by atoms with Gasteiger partial charge in [-0.1, -0.05) is 38.7 Å². The van der Waals surface area contributed by atoms with Gasteiger partial charge in [-0.25, -0.2) is 8.78 Å². The quantitative estimate of drug-likeness (QED) is 0.757.